The van der Waals surface area contributed by atoms with Crippen molar-refractivity contribution in [2.24, 2.45) is 7.05 Å². The predicted molar refractivity (Wildman–Crippen MR) is 72.4 cm³/mol. The highest BCUT2D eigenvalue weighted by Gasteiger charge is 2.17. The van der Waals surface area contributed by atoms with Gasteiger partial charge < -0.3 is 0 Å². The monoisotopic (exact) mass is 279 g/mol. The molecule has 19 heavy (non-hydrogen) atoms. The van der Waals surface area contributed by atoms with E-state index in [1.165, 1.54) is 11.0 Å². The van der Waals surface area contributed by atoms with Crippen molar-refractivity contribution in [2.45, 2.75) is 30.4 Å². The van der Waals surface area contributed by atoms with E-state index < -0.39 is 9.84 Å². The third-order valence-electron chi connectivity index (χ3n) is 2.89. The maximum absolute atomic E-state index is 12.2. The number of nitrogens with zero attached hydrogens (tertiary/aromatic N) is 3. The summed E-state index contributed by atoms with van der Waals surface area (Å²) in [6, 6.07) is 7.02. The van der Waals surface area contributed by atoms with Gasteiger partial charge in [0.05, 0.1) is 16.8 Å². The number of hydrogen-bond donors (Lipinski definition) is 0. The Bertz CT molecular complexity index is 657. The van der Waals surface area contributed by atoms with Crippen molar-refractivity contribution in [3.8, 4) is 0 Å². The molecule has 1 heterocycles. The van der Waals surface area contributed by atoms with Gasteiger partial charge >= 0.3 is 0 Å². The minimum atomic E-state index is -3.36. The molecule has 0 aliphatic carbocycles. The Morgan fingerprint density at radius 2 is 1.84 bits per heavy atom. The highest BCUT2D eigenvalue weighted by Crippen LogP contribution is 2.19. The molecule has 102 valence electrons. The van der Waals surface area contributed by atoms with E-state index in [2.05, 4.69) is 24.0 Å². The van der Waals surface area contributed by atoms with Crippen LogP contribution in [0, 0.1) is 0 Å². The normalized spacial score (nSPS) is 12.0. The van der Waals surface area contributed by atoms with Crippen LogP contribution in [0.5, 0.6) is 0 Å². The first-order valence-corrected chi connectivity index (χ1v) is 7.71. The molecule has 6 heteroatoms. The summed E-state index contributed by atoms with van der Waals surface area (Å²) in [7, 11) is -1.70. The van der Waals surface area contributed by atoms with Gasteiger partial charge in [0.1, 0.15) is 5.75 Å². The summed E-state index contributed by atoms with van der Waals surface area (Å²) in [5.74, 6) is 0.263. The summed E-state index contributed by atoms with van der Waals surface area (Å²) < 4.78 is 24.4. The van der Waals surface area contributed by atoms with Gasteiger partial charge in [-0.2, -0.15) is 15.0 Å². The van der Waals surface area contributed by atoms with Crippen molar-refractivity contribution in [3.63, 3.8) is 0 Å². The van der Waals surface area contributed by atoms with Crippen LogP contribution < -0.4 is 0 Å². The minimum Gasteiger partial charge on any atom is -0.223 e. The van der Waals surface area contributed by atoms with Crippen LogP contribution in [0.3, 0.4) is 0 Å². The molecule has 0 aliphatic rings. The second-order valence-corrected chi connectivity index (χ2v) is 6.80. The molecular weight excluding hydrogens is 262 g/mol. The van der Waals surface area contributed by atoms with Gasteiger partial charge in [-0.15, -0.1) is 0 Å². The molecule has 1 aromatic carbocycles. The average molecular weight is 279 g/mol. The third kappa shape index (κ3) is 3.20. The summed E-state index contributed by atoms with van der Waals surface area (Å²) in [6.45, 7) is 4.14. The van der Waals surface area contributed by atoms with Crippen molar-refractivity contribution < 1.29 is 8.42 Å². The fourth-order valence-electron chi connectivity index (χ4n) is 1.79. The molecule has 0 bridgehead atoms. The Labute approximate surface area is 113 Å². The summed E-state index contributed by atoms with van der Waals surface area (Å²) in [6.07, 6.45) is 1.47. The van der Waals surface area contributed by atoms with Crippen molar-refractivity contribution in [3.05, 3.63) is 41.7 Å². The van der Waals surface area contributed by atoms with Crippen molar-refractivity contribution in [2.75, 3.05) is 0 Å². The van der Waals surface area contributed by atoms with Crippen LogP contribution in [0.1, 0.15) is 31.0 Å². The van der Waals surface area contributed by atoms with Gasteiger partial charge in [-0.1, -0.05) is 26.0 Å². The largest absolute Gasteiger partial charge is 0.223 e. The Hall–Kier alpha value is -1.69. The molecule has 5 nitrogen and oxygen atoms in total. The highest BCUT2D eigenvalue weighted by atomic mass is 32.2. The summed E-state index contributed by atoms with van der Waals surface area (Å²) in [4.78, 5) is 1.68. The lowest BCUT2D eigenvalue weighted by molar-refractivity contribution is 0.593. The highest BCUT2D eigenvalue weighted by molar-refractivity contribution is 7.90. The fraction of sp³-hybridized carbons (Fsp3) is 0.385. The molecule has 0 unspecified atom stereocenters. The van der Waals surface area contributed by atoms with E-state index in [0.29, 0.717) is 16.5 Å². The predicted octanol–water partition coefficient (Wildman–Crippen LogP) is 1.91. The number of aryl methyl sites for hydroxylation is 1. The molecule has 0 atom stereocenters. The van der Waals surface area contributed by atoms with Crippen LogP contribution in [-0.2, 0) is 22.6 Å². The van der Waals surface area contributed by atoms with Gasteiger partial charge in [-0.05, 0) is 23.6 Å². The Morgan fingerprint density at radius 3 is 2.32 bits per heavy atom. The van der Waals surface area contributed by atoms with E-state index in [9.17, 15) is 8.42 Å². The standard InChI is InChI=1S/C13H17N3O2S/c1-10(2)11-4-6-13(7-5-11)19(17,18)9-12-8-14-16(3)15-12/h4-8,10H,9H2,1-3H3. The molecule has 0 saturated carbocycles. The van der Waals surface area contributed by atoms with Crippen molar-refractivity contribution >= 4 is 9.84 Å². The van der Waals surface area contributed by atoms with Gasteiger partial charge in [0.2, 0.25) is 0 Å². The lowest BCUT2D eigenvalue weighted by Crippen LogP contribution is -2.06. The van der Waals surface area contributed by atoms with E-state index in [-0.39, 0.29) is 5.75 Å². The zero-order chi connectivity index (χ0) is 14.0. The molecule has 2 rings (SSSR count). The molecule has 0 saturated heterocycles. The minimum absolute atomic E-state index is 0.123. The summed E-state index contributed by atoms with van der Waals surface area (Å²) >= 11 is 0. The molecule has 0 N–H and O–H groups in total. The zero-order valence-corrected chi connectivity index (χ0v) is 12.1. The van der Waals surface area contributed by atoms with Gasteiger partial charge in [-0.3, -0.25) is 0 Å². The third-order valence-corrected chi connectivity index (χ3v) is 4.56. The lowest BCUT2D eigenvalue weighted by atomic mass is 10.0. The zero-order valence-electron chi connectivity index (χ0n) is 11.2. The van der Waals surface area contributed by atoms with E-state index in [1.54, 1.807) is 19.2 Å². The van der Waals surface area contributed by atoms with Gasteiger partial charge in [0, 0.05) is 7.05 Å². The number of aromatic nitrogens is 3. The smallest absolute Gasteiger partial charge is 0.184 e. The van der Waals surface area contributed by atoms with E-state index >= 15 is 0 Å². The first-order valence-electron chi connectivity index (χ1n) is 6.06. The number of rotatable bonds is 4. The fourth-order valence-corrected chi connectivity index (χ4v) is 3.03. The number of benzene rings is 1. The van der Waals surface area contributed by atoms with Gasteiger partial charge in [0.25, 0.3) is 0 Å². The van der Waals surface area contributed by atoms with Crippen molar-refractivity contribution in [1.82, 2.24) is 15.0 Å². The van der Waals surface area contributed by atoms with Gasteiger partial charge in [-0.25, -0.2) is 8.42 Å². The lowest BCUT2D eigenvalue weighted by Gasteiger charge is -2.07. The van der Waals surface area contributed by atoms with E-state index in [0.717, 1.165) is 5.56 Å². The van der Waals surface area contributed by atoms with Crippen LogP contribution in [0.4, 0.5) is 0 Å². The molecule has 1 aromatic heterocycles. The number of sulfone groups is 1. The SMILES string of the molecule is CC(C)c1ccc(S(=O)(=O)Cc2cnn(C)n2)cc1. The van der Waals surface area contributed by atoms with E-state index in [1.807, 2.05) is 12.1 Å². The molecule has 0 fully saturated rings. The van der Waals surface area contributed by atoms with Crippen molar-refractivity contribution in [1.29, 1.82) is 0 Å². The van der Waals surface area contributed by atoms with E-state index in [4.69, 9.17) is 0 Å². The molecule has 0 radical (unpaired) electrons. The van der Waals surface area contributed by atoms with Crippen LogP contribution in [0.15, 0.2) is 35.4 Å². The number of hydrogen-bond acceptors (Lipinski definition) is 4. The molecule has 0 spiro atoms. The molecule has 2 aromatic rings. The second kappa shape index (κ2) is 5.13. The Kier molecular flexibility index (Phi) is 3.71. The summed E-state index contributed by atoms with van der Waals surface area (Å²) in [5.41, 5.74) is 1.58. The Morgan fingerprint density at radius 1 is 1.21 bits per heavy atom. The summed E-state index contributed by atoms with van der Waals surface area (Å²) in [5, 5.41) is 7.87. The topological polar surface area (TPSA) is 64.8 Å². The van der Waals surface area contributed by atoms with Gasteiger partial charge in [0.15, 0.2) is 9.84 Å². The second-order valence-electron chi connectivity index (χ2n) is 4.81. The molecular formula is C13H17N3O2S. The quantitative estimate of drug-likeness (QED) is 0.857. The van der Waals surface area contributed by atoms with Crippen LogP contribution in [0.25, 0.3) is 0 Å². The first-order chi connectivity index (χ1) is 8.88. The average Bonchev–Trinajstić information content (AvgIpc) is 2.74. The van der Waals surface area contributed by atoms with Crippen LogP contribution in [0.2, 0.25) is 0 Å². The maximum atomic E-state index is 12.2. The first kappa shape index (κ1) is 13.7. The molecule has 0 amide bonds. The van der Waals surface area contributed by atoms with Crippen LogP contribution in [-0.4, -0.2) is 23.4 Å². The maximum Gasteiger partial charge on any atom is 0.184 e. The molecule has 0 aliphatic heterocycles. The van der Waals surface area contributed by atoms with Crippen LogP contribution >= 0.6 is 0 Å². The Balaban J connectivity index is 2.24.